The van der Waals surface area contributed by atoms with E-state index in [4.69, 9.17) is 14.5 Å². The highest BCUT2D eigenvalue weighted by Crippen LogP contribution is 2.40. The first-order valence-electron chi connectivity index (χ1n) is 11.7. The lowest BCUT2D eigenvalue weighted by Gasteiger charge is -2.23. The molecule has 0 atom stereocenters. The van der Waals surface area contributed by atoms with E-state index in [0.717, 1.165) is 51.8 Å². The molecule has 1 aromatic heterocycles. The standard InChI is InChI=1S/C26H31IN2O3S/c1-3-13-32-24-20(27)14-17(15-21(24)31-2)16-28-26-23(19-11-7-8-12-22(19)33-26)25(30)29-18-9-5-4-6-10-18/h3,14-16,18H,1,4-13H2,2H3,(H,29,30). The van der Waals surface area contributed by atoms with Crippen LogP contribution in [0.25, 0.3) is 0 Å². The Morgan fingerprint density at radius 3 is 2.79 bits per heavy atom. The fraction of sp³-hybridized carbons (Fsp3) is 0.462. The summed E-state index contributed by atoms with van der Waals surface area (Å²) in [7, 11) is 1.63. The van der Waals surface area contributed by atoms with Gasteiger partial charge in [-0.2, -0.15) is 0 Å². The number of ether oxygens (including phenoxy) is 2. The molecule has 0 aliphatic heterocycles. The molecule has 0 spiro atoms. The molecule has 5 nitrogen and oxygen atoms in total. The first kappa shape index (κ1) is 24.3. The van der Waals surface area contributed by atoms with Gasteiger partial charge in [0, 0.05) is 17.1 Å². The van der Waals surface area contributed by atoms with E-state index in [2.05, 4.69) is 34.5 Å². The number of fused-ring (bicyclic) bond motifs is 1. The van der Waals surface area contributed by atoms with Gasteiger partial charge in [-0.05, 0) is 84.4 Å². The summed E-state index contributed by atoms with van der Waals surface area (Å²) in [6, 6.07) is 4.22. The molecule has 1 saturated carbocycles. The minimum absolute atomic E-state index is 0.0498. The third-order valence-electron chi connectivity index (χ3n) is 6.25. The monoisotopic (exact) mass is 578 g/mol. The van der Waals surface area contributed by atoms with Crippen molar-refractivity contribution >= 4 is 51.1 Å². The minimum Gasteiger partial charge on any atom is -0.493 e. The van der Waals surface area contributed by atoms with Gasteiger partial charge in [0.15, 0.2) is 11.5 Å². The first-order chi connectivity index (χ1) is 16.1. The highest BCUT2D eigenvalue weighted by atomic mass is 127. The number of aliphatic imine (C=N–C) groups is 1. The lowest BCUT2D eigenvalue weighted by atomic mass is 9.93. The van der Waals surface area contributed by atoms with Crippen LogP contribution >= 0.6 is 33.9 Å². The van der Waals surface area contributed by atoms with Gasteiger partial charge in [-0.25, -0.2) is 4.99 Å². The number of nitrogens with zero attached hydrogens (tertiary/aromatic N) is 1. The zero-order valence-electron chi connectivity index (χ0n) is 19.1. The molecular formula is C26H31IN2O3S. The molecule has 176 valence electrons. The number of aryl methyl sites for hydroxylation is 1. The average molecular weight is 579 g/mol. The van der Waals surface area contributed by atoms with Crippen LogP contribution < -0.4 is 14.8 Å². The van der Waals surface area contributed by atoms with Crippen molar-refractivity contribution in [3.05, 3.63) is 49.9 Å². The smallest absolute Gasteiger partial charge is 0.254 e. The number of nitrogens with one attached hydrogen (secondary N) is 1. The Kier molecular flexibility index (Phi) is 8.46. The van der Waals surface area contributed by atoms with Gasteiger partial charge in [-0.15, -0.1) is 11.3 Å². The molecule has 1 N–H and O–H groups in total. The molecular weight excluding hydrogens is 547 g/mol. The number of thiophene rings is 1. The Morgan fingerprint density at radius 1 is 1.24 bits per heavy atom. The van der Waals surface area contributed by atoms with E-state index < -0.39 is 0 Å². The summed E-state index contributed by atoms with van der Waals surface area (Å²) in [4.78, 5) is 19.5. The predicted octanol–water partition coefficient (Wildman–Crippen LogP) is 6.62. The van der Waals surface area contributed by atoms with Crippen LogP contribution in [0.1, 0.15) is 71.3 Å². The highest BCUT2D eigenvalue weighted by Gasteiger charge is 2.27. The second kappa shape index (κ2) is 11.5. The first-order valence-corrected chi connectivity index (χ1v) is 13.6. The van der Waals surface area contributed by atoms with Gasteiger partial charge in [0.05, 0.1) is 16.2 Å². The molecule has 0 bridgehead atoms. The molecule has 7 heteroatoms. The molecule has 1 fully saturated rings. The highest BCUT2D eigenvalue weighted by molar-refractivity contribution is 14.1. The number of rotatable bonds is 8. The number of carbonyl (C=O) groups is 1. The van der Waals surface area contributed by atoms with E-state index in [1.807, 2.05) is 18.3 Å². The van der Waals surface area contributed by atoms with E-state index in [9.17, 15) is 4.79 Å². The van der Waals surface area contributed by atoms with Crippen LogP contribution in [0.2, 0.25) is 0 Å². The molecule has 1 amide bonds. The van der Waals surface area contributed by atoms with Crippen molar-refractivity contribution in [2.75, 3.05) is 13.7 Å². The number of hydrogen-bond donors (Lipinski definition) is 1. The SMILES string of the molecule is C=CCOc1c(I)cc(C=Nc2sc3c(c2C(=O)NC2CCCCC2)CCCC3)cc1OC. The summed E-state index contributed by atoms with van der Waals surface area (Å²) in [5.74, 6) is 1.41. The van der Waals surface area contributed by atoms with Crippen molar-refractivity contribution in [3.8, 4) is 11.5 Å². The maximum Gasteiger partial charge on any atom is 0.254 e. The van der Waals surface area contributed by atoms with Crippen molar-refractivity contribution in [2.45, 2.75) is 63.8 Å². The van der Waals surface area contributed by atoms with Gasteiger partial charge < -0.3 is 14.8 Å². The normalized spacial score (nSPS) is 16.4. The van der Waals surface area contributed by atoms with E-state index in [1.54, 1.807) is 24.5 Å². The van der Waals surface area contributed by atoms with Crippen LogP contribution in [0.5, 0.6) is 11.5 Å². The lowest BCUT2D eigenvalue weighted by Crippen LogP contribution is -2.36. The molecule has 0 radical (unpaired) electrons. The second-order valence-corrected chi connectivity index (χ2v) is 10.8. The Labute approximate surface area is 213 Å². The number of methoxy groups -OCH3 is 1. The fourth-order valence-electron chi connectivity index (χ4n) is 4.61. The van der Waals surface area contributed by atoms with E-state index in [0.29, 0.717) is 18.1 Å². The Morgan fingerprint density at radius 2 is 2.03 bits per heavy atom. The molecule has 2 aliphatic rings. The van der Waals surface area contributed by atoms with Gasteiger partial charge in [-0.1, -0.05) is 31.9 Å². The van der Waals surface area contributed by atoms with Gasteiger partial charge in [-0.3, -0.25) is 4.79 Å². The zero-order valence-corrected chi connectivity index (χ0v) is 22.1. The number of hydrogen-bond acceptors (Lipinski definition) is 5. The molecule has 1 heterocycles. The third-order valence-corrected chi connectivity index (χ3v) is 8.25. The van der Waals surface area contributed by atoms with Gasteiger partial charge >= 0.3 is 0 Å². The average Bonchev–Trinajstić information content (AvgIpc) is 3.21. The van der Waals surface area contributed by atoms with Crippen molar-refractivity contribution in [1.82, 2.24) is 5.32 Å². The van der Waals surface area contributed by atoms with Crippen LogP contribution in [0.3, 0.4) is 0 Å². The van der Waals surface area contributed by atoms with E-state index in [-0.39, 0.29) is 11.9 Å². The predicted molar refractivity (Wildman–Crippen MR) is 144 cm³/mol. The summed E-state index contributed by atoms with van der Waals surface area (Å²) in [6.07, 6.45) is 13.7. The summed E-state index contributed by atoms with van der Waals surface area (Å²) in [5, 5.41) is 4.13. The molecule has 1 aromatic carbocycles. The molecule has 4 rings (SSSR count). The van der Waals surface area contributed by atoms with Crippen LogP contribution in [-0.4, -0.2) is 31.9 Å². The number of benzene rings is 1. The van der Waals surface area contributed by atoms with E-state index >= 15 is 0 Å². The molecule has 0 unspecified atom stereocenters. The maximum atomic E-state index is 13.4. The van der Waals surface area contributed by atoms with Crippen LogP contribution in [-0.2, 0) is 12.8 Å². The Balaban J connectivity index is 1.62. The molecule has 2 aliphatic carbocycles. The second-order valence-electron chi connectivity index (χ2n) is 8.59. The zero-order chi connectivity index (χ0) is 23.2. The molecule has 33 heavy (non-hydrogen) atoms. The fourth-order valence-corrected chi connectivity index (χ4v) is 6.62. The van der Waals surface area contributed by atoms with Crippen LogP contribution in [0, 0.1) is 3.57 Å². The largest absolute Gasteiger partial charge is 0.493 e. The maximum absolute atomic E-state index is 13.4. The van der Waals surface area contributed by atoms with Crippen LogP contribution in [0.4, 0.5) is 5.00 Å². The number of halogens is 1. The number of amides is 1. The molecule has 0 saturated heterocycles. The van der Waals surface area contributed by atoms with Gasteiger partial charge in [0.2, 0.25) is 0 Å². The Hall–Kier alpha value is -1.87. The summed E-state index contributed by atoms with van der Waals surface area (Å²) < 4.78 is 12.2. The van der Waals surface area contributed by atoms with Crippen molar-refractivity contribution in [1.29, 1.82) is 0 Å². The topological polar surface area (TPSA) is 59.9 Å². The van der Waals surface area contributed by atoms with Crippen molar-refractivity contribution in [2.24, 2.45) is 4.99 Å². The minimum atomic E-state index is 0.0498. The third kappa shape index (κ3) is 5.80. The molecule has 2 aromatic rings. The lowest BCUT2D eigenvalue weighted by molar-refractivity contribution is 0.0927. The summed E-state index contributed by atoms with van der Waals surface area (Å²) >= 11 is 3.92. The van der Waals surface area contributed by atoms with Crippen molar-refractivity contribution < 1.29 is 14.3 Å². The van der Waals surface area contributed by atoms with Gasteiger partial charge in [0.1, 0.15) is 11.6 Å². The van der Waals surface area contributed by atoms with Crippen LogP contribution in [0.15, 0.2) is 29.8 Å². The van der Waals surface area contributed by atoms with Gasteiger partial charge in [0.25, 0.3) is 5.91 Å². The van der Waals surface area contributed by atoms with E-state index in [1.165, 1.54) is 36.1 Å². The number of carbonyl (C=O) groups excluding carboxylic acids is 1. The summed E-state index contributed by atoms with van der Waals surface area (Å²) in [5.41, 5.74) is 2.92. The van der Waals surface area contributed by atoms with Crippen molar-refractivity contribution in [3.63, 3.8) is 0 Å². The summed E-state index contributed by atoms with van der Waals surface area (Å²) in [6.45, 7) is 4.12. The Bertz CT molecular complexity index is 1040. The quantitative estimate of drug-likeness (QED) is 0.218.